The Labute approximate surface area is 197 Å². The van der Waals surface area contributed by atoms with Crippen molar-refractivity contribution in [3.05, 3.63) is 35.9 Å². The van der Waals surface area contributed by atoms with Gasteiger partial charge in [0.1, 0.15) is 5.75 Å². The maximum absolute atomic E-state index is 13.4. The van der Waals surface area contributed by atoms with E-state index in [-0.39, 0.29) is 42.5 Å². The van der Waals surface area contributed by atoms with Crippen molar-refractivity contribution in [3.63, 3.8) is 0 Å². The number of nitrogens with zero attached hydrogens (tertiary/aromatic N) is 1. The lowest BCUT2D eigenvalue weighted by atomic mass is 9.97. The van der Waals surface area contributed by atoms with Crippen LogP contribution in [0.3, 0.4) is 0 Å². The van der Waals surface area contributed by atoms with Gasteiger partial charge in [-0.05, 0) is 50.5 Å². The van der Waals surface area contributed by atoms with E-state index >= 15 is 0 Å². The molecule has 3 aliphatic heterocycles. The summed E-state index contributed by atoms with van der Waals surface area (Å²) in [6.07, 6.45) is 0.108. The van der Waals surface area contributed by atoms with Crippen molar-refractivity contribution in [2.24, 2.45) is 5.92 Å². The molecule has 10 nitrogen and oxygen atoms in total. The summed E-state index contributed by atoms with van der Waals surface area (Å²) >= 11 is 0. The maximum atomic E-state index is 13.4. The average Bonchev–Trinajstić information content (AvgIpc) is 3.28. The number of ether oxygens (including phenoxy) is 3. The first-order chi connectivity index (χ1) is 16.2. The molecule has 0 bridgehead atoms. The Morgan fingerprint density at radius 2 is 1.82 bits per heavy atom. The summed E-state index contributed by atoms with van der Waals surface area (Å²) in [5, 5.41) is 5.61. The number of amides is 2. The zero-order valence-corrected chi connectivity index (χ0v) is 19.6. The number of hydrogen-bond donors (Lipinski definition) is 2. The van der Waals surface area contributed by atoms with E-state index in [2.05, 4.69) is 10.6 Å². The fourth-order valence-corrected chi connectivity index (χ4v) is 6.03. The number of aryl methyl sites for hydroxylation is 1. The number of piperidine rings is 1. The van der Waals surface area contributed by atoms with E-state index in [1.54, 1.807) is 38.1 Å². The van der Waals surface area contributed by atoms with Crippen LogP contribution in [0.5, 0.6) is 17.2 Å². The van der Waals surface area contributed by atoms with Gasteiger partial charge in [0.25, 0.3) is 5.91 Å². The number of rotatable bonds is 4. The molecule has 180 valence electrons. The minimum Gasteiger partial charge on any atom is -0.479 e. The third-order valence-electron chi connectivity index (χ3n) is 6.29. The molecule has 0 unspecified atom stereocenters. The highest BCUT2D eigenvalue weighted by atomic mass is 32.2. The summed E-state index contributed by atoms with van der Waals surface area (Å²) in [6, 6.07) is 8.27. The predicted octanol–water partition coefficient (Wildman–Crippen LogP) is 2.48. The van der Waals surface area contributed by atoms with E-state index in [4.69, 9.17) is 14.2 Å². The summed E-state index contributed by atoms with van der Waals surface area (Å²) in [5.74, 6) is 0.811. The number of hydrogen-bond acceptors (Lipinski definition) is 7. The Morgan fingerprint density at radius 1 is 1.09 bits per heavy atom. The molecule has 11 heteroatoms. The van der Waals surface area contributed by atoms with Gasteiger partial charge in [-0.2, -0.15) is 4.31 Å². The lowest BCUT2D eigenvalue weighted by molar-refractivity contribution is -0.123. The number of anilines is 2. The van der Waals surface area contributed by atoms with Crippen molar-refractivity contribution in [3.8, 4) is 17.2 Å². The third kappa shape index (κ3) is 4.05. The van der Waals surface area contributed by atoms with Gasteiger partial charge in [0, 0.05) is 36.8 Å². The van der Waals surface area contributed by atoms with E-state index in [1.807, 2.05) is 0 Å². The highest BCUT2D eigenvalue weighted by Gasteiger charge is 2.34. The predicted molar refractivity (Wildman–Crippen MR) is 123 cm³/mol. The summed E-state index contributed by atoms with van der Waals surface area (Å²) in [7, 11) is -3.79. The second-order valence-corrected chi connectivity index (χ2v) is 10.5. The number of carbonyl (C=O) groups excluding carboxylic acids is 2. The van der Waals surface area contributed by atoms with Gasteiger partial charge in [-0.25, -0.2) is 8.42 Å². The minimum absolute atomic E-state index is 0.137. The molecule has 2 aromatic carbocycles. The molecule has 0 aliphatic carbocycles. The molecule has 2 aromatic rings. The third-order valence-corrected chi connectivity index (χ3v) is 8.33. The molecule has 3 aliphatic rings. The van der Waals surface area contributed by atoms with E-state index < -0.39 is 16.1 Å². The number of fused-ring (bicyclic) bond motifs is 2. The minimum atomic E-state index is -3.79. The van der Waals surface area contributed by atoms with Gasteiger partial charge < -0.3 is 24.8 Å². The van der Waals surface area contributed by atoms with Crippen LogP contribution in [0.2, 0.25) is 0 Å². The van der Waals surface area contributed by atoms with Gasteiger partial charge in [-0.3, -0.25) is 9.59 Å². The topological polar surface area (TPSA) is 123 Å². The van der Waals surface area contributed by atoms with Crippen molar-refractivity contribution in [1.29, 1.82) is 0 Å². The number of carbonyl (C=O) groups is 2. The standard InChI is InChI=1S/C23H25N3O7S/c1-13-9-17-19(33-14(2)22(27)25-17)11-21(13)34(29,30)26-7-5-15(6-8-26)23(28)24-16-3-4-18-20(10-16)32-12-31-18/h3-4,9-11,14-15H,5-8,12H2,1-2H3,(H,24,28)(H,25,27)/t14-/m0/s1. The normalized spacial score (nSPS) is 20.3. The first-order valence-electron chi connectivity index (χ1n) is 11.1. The van der Waals surface area contributed by atoms with E-state index in [1.165, 1.54) is 10.4 Å². The van der Waals surface area contributed by atoms with Gasteiger partial charge in [0.2, 0.25) is 22.7 Å². The van der Waals surface area contributed by atoms with Crippen LogP contribution in [0.15, 0.2) is 35.2 Å². The Kier molecular flexibility index (Phi) is 5.61. The van der Waals surface area contributed by atoms with Gasteiger partial charge in [-0.1, -0.05) is 0 Å². The molecule has 2 N–H and O–H groups in total. The summed E-state index contributed by atoms with van der Waals surface area (Å²) in [6.45, 7) is 3.90. The number of benzene rings is 2. The Morgan fingerprint density at radius 3 is 2.59 bits per heavy atom. The molecule has 5 rings (SSSR count). The van der Waals surface area contributed by atoms with Crippen LogP contribution in [0.4, 0.5) is 11.4 Å². The van der Waals surface area contributed by atoms with Crippen molar-refractivity contribution >= 4 is 33.2 Å². The molecule has 1 atom stereocenters. The van der Waals surface area contributed by atoms with Gasteiger partial charge in [0.05, 0.1) is 10.6 Å². The molecule has 0 spiro atoms. The van der Waals surface area contributed by atoms with Crippen molar-refractivity contribution < 1.29 is 32.2 Å². The van der Waals surface area contributed by atoms with E-state index in [0.717, 1.165) is 0 Å². The highest BCUT2D eigenvalue weighted by Crippen LogP contribution is 2.37. The molecular weight excluding hydrogens is 462 g/mol. The Hall–Kier alpha value is -3.31. The van der Waals surface area contributed by atoms with Gasteiger partial charge in [-0.15, -0.1) is 0 Å². The molecule has 0 aromatic heterocycles. The SMILES string of the molecule is Cc1cc2c(cc1S(=O)(=O)N1CCC(C(=O)Nc3ccc4c(c3)OCO4)CC1)O[C@@H](C)C(=O)N2. The fraction of sp³-hybridized carbons (Fsp3) is 0.391. The molecule has 0 saturated carbocycles. The van der Waals surface area contributed by atoms with Crippen molar-refractivity contribution in [2.75, 3.05) is 30.5 Å². The zero-order chi connectivity index (χ0) is 24.0. The monoisotopic (exact) mass is 487 g/mol. The fourth-order valence-electron chi connectivity index (χ4n) is 4.34. The molecule has 3 heterocycles. The van der Waals surface area contributed by atoms with E-state index in [0.29, 0.717) is 47.0 Å². The lowest BCUT2D eigenvalue weighted by Crippen LogP contribution is -2.41. The van der Waals surface area contributed by atoms with Crippen LogP contribution in [-0.4, -0.2) is 50.5 Å². The van der Waals surface area contributed by atoms with Crippen molar-refractivity contribution in [2.45, 2.75) is 37.7 Å². The largest absolute Gasteiger partial charge is 0.479 e. The molecule has 1 fully saturated rings. The Balaban J connectivity index is 1.26. The van der Waals surface area contributed by atoms with E-state index in [9.17, 15) is 18.0 Å². The average molecular weight is 488 g/mol. The van der Waals surface area contributed by atoms with Crippen LogP contribution >= 0.6 is 0 Å². The molecule has 1 saturated heterocycles. The second kappa shape index (κ2) is 8.48. The zero-order valence-electron chi connectivity index (χ0n) is 18.8. The van der Waals surface area contributed by atoms with Crippen LogP contribution in [0, 0.1) is 12.8 Å². The maximum Gasteiger partial charge on any atom is 0.265 e. The quantitative estimate of drug-likeness (QED) is 0.679. The van der Waals surface area contributed by atoms with Crippen LogP contribution in [0.25, 0.3) is 0 Å². The Bertz CT molecular complexity index is 1270. The molecular formula is C23H25N3O7S. The number of sulfonamides is 1. The first-order valence-corrected chi connectivity index (χ1v) is 12.5. The lowest BCUT2D eigenvalue weighted by Gasteiger charge is -2.31. The van der Waals surface area contributed by atoms with Gasteiger partial charge in [0.15, 0.2) is 17.6 Å². The summed E-state index contributed by atoms with van der Waals surface area (Å²) < 4.78 is 44.4. The van der Waals surface area contributed by atoms with Gasteiger partial charge >= 0.3 is 0 Å². The summed E-state index contributed by atoms with van der Waals surface area (Å²) in [5.41, 5.74) is 1.58. The summed E-state index contributed by atoms with van der Waals surface area (Å²) in [4.78, 5) is 24.7. The van der Waals surface area contributed by atoms with Crippen LogP contribution in [0.1, 0.15) is 25.3 Å². The van der Waals surface area contributed by atoms with Crippen molar-refractivity contribution in [1.82, 2.24) is 4.31 Å². The molecule has 2 amide bonds. The van der Waals surface area contributed by atoms with Crippen LogP contribution in [-0.2, 0) is 19.6 Å². The smallest absolute Gasteiger partial charge is 0.265 e. The number of nitrogens with one attached hydrogen (secondary N) is 2. The molecule has 0 radical (unpaired) electrons. The van der Waals surface area contributed by atoms with Crippen LogP contribution < -0.4 is 24.8 Å². The second-order valence-electron chi connectivity index (χ2n) is 8.60. The molecule has 34 heavy (non-hydrogen) atoms. The highest BCUT2D eigenvalue weighted by molar-refractivity contribution is 7.89. The first kappa shape index (κ1) is 22.5.